The predicted octanol–water partition coefficient (Wildman–Crippen LogP) is 2.96. The highest BCUT2D eigenvalue weighted by atomic mass is 16.5. The second-order valence-electron chi connectivity index (χ2n) is 5.71. The van der Waals surface area contributed by atoms with E-state index in [4.69, 9.17) is 15.9 Å². The van der Waals surface area contributed by atoms with Crippen molar-refractivity contribution in [3.8, 4) is 12.3 Å². The molecule has 0 aromatic heterocycles. The second kappa shape index (κ2) is 14.7. The lowest BCUT2D eigenvalue weighted by molar-refractivity contribution is -0.138. The van der Waals surface area contributed by atoms with Gasteiger partial charge in [0.1, 0.15) is 6.61 Å². The number of rotatable bonds is 6. The number of ether oxygens (including phenoxy) is 2. The molecular formula is C19H31NO4. The van der Waals surface area contributed by atoms with Crippen LogP contribution in [-0.2, 0) is 19.1 Å². The minimum atomic E-state index is -0.208. The number of carbonyl (C=O) groups excluding carboxylic acids is 2. The van der Waals surface area contributed by atoms with Gasteiger partial charge in [0.15, 0.2) is 0 Å². The van der Waals surface area contributed by atoms with E-state index in [0.29, 0.717) is 19.3 Å². The predicted molar refractivity (Wildman–Crippen MR) is 97.3 cm³/mol. The Balaban J connectivity index is 0. The van der Waals surface area contributed by atoms with Gasteiger partial charge in [0.2, 0.25) is 0 Å². The van der Waals surface area contributed by atoms with Crippen LogP contribution >= 0.6 is 0 Å². The average Bonchev–Trinajstić information content (AvgIpc) is 2.83. The normalized spacial score (nSPS) is 12.8. The van der Waals surface area contributed by atoms with Crippen LogP contribution in [0, 0.1) is 12.3 Å². The fraction of sp³-hybridized carbons (Fsp3) is 0.579. The molecule has 0 radical (unpaired) electrons. The van der Waals surface area contributed by atoms with Gasteiger partial charge in [-0.2, -0.15) is 0 Å². The minimum absolute atomic E-state index is 0.0324. The first-order chi connectivity index (χ1) is 11.2. The zero-order valence-corrected chi connectivity index (χ0v) is 15.7. The van der Waals surface area contributed by atoms with Crippen molar-refractivity contribution in [3.05, 3.63) is 24.8 Å². The molecule has 1 heterocycles. The fourth-order valence-corrected chi connectivity index (χ4v) is 1.40. The average molecular weight is 337 g/mol. The first kappa shape index (κ1) is 24.4. The highest BCUT2D eigenvalue weighted by Crippen LogP contribution is 2.07. The van der Waals surface area contributed by atoms with Crippen molar-refractivity contribution in [1.29, 1.82) is 0 Å². The zero-order valence-electron chi connectivity index (χ0n) is 15.7. The Morgan fingerprint density at radius 2 is 1.54 bits per heavy atom. The maximum Gasteiger partial charge on any atom is 0.253 e. The maximum atomic E-state index is 10.8. The van der Waals surface area contributed by atoms with E-state index in [1.165, 1.54) is 17.1 Å². The molecule has 0 aromatic carbocycles. The summed E-state index contributed by atoms with van der Waals surface area (Å²) in [6.07, 6.45) is 9.83. The third kappa shape index (κ3) is 13.7. The Morgan fingerprint density at radius 3 is 1.71 bits per heavy atom. The van der Waals surface area contributed by atoms with Gasteiger partial charge in [0.05, 0.1) is 18.8 Å². The number of imide groups is 1. The standard InChI is InChI=1S/C7H9NO2.C6H12O.C6H10O/c1-5(2)8-6(9)3-4-7(8)10;2*1-4-5-7-6(2)3/h3-5H,1-2H3;4,6H,1,5H2,2-3H3;1,6H,5H2,2-3H3. The van der Waals surface area contributed by atoms with Gasteiger partial charge >= 0.3 is 0 Å². The van der Waals surface area contributed by atoms with E-state index >= 15 is 0 Å². The van der Waals surface area contributed by atoms with Crippen molar-refractivity contribution in [1.82, 2.24) is 4.90 Å². The van der Waals surface area contributed by atoms with E-state index in [-0.39, 0.29) is 24.0 Å². The molecule has 0 fully saturated rings. The number of carbonyl (C=O) groups is 2. The summed E-state index contributed by atoms with van der Waals surface area (Å²) in [6, 6.07) is -0.0324. The van der Waals surface area contributed by atoms with Gasteiger partial charge in [-0.1, -0.05) is 12.0 Å². The molecule has 5 heteroatoms. The highest BCUT2D eigenvalue weighted by molar-refractivity contribution is 6.13. The molecule has 1 aliphatic heterocycles. The zero-order chi connectivity index (χ0) is 19.1. The van der Waals surface area contributed by atoms with Crippen molar-refractivity contribution in [2.24, 2.45) is 0 Å². The van der Waals surface area contributed by atoms with E-state index in [1.807, 2.05) is 41.5 Å². The topological polar surface area (TPSA) is 55.8 Å². The van der Waals surface area contributed by atoms with Crippen LogP contribution in [0.3, 0.4) is 0 Å². The Kier molecular flexibility index (Phi) is 14.9. The lowest BCUT2D eigenvalue weighted by Gasteiger charge is -2.17. The van der Waals surface area contributed by atoms with E-state index in [9.17, 15) is 9.59 Å². The van der Waals surface area contributed by atoms with Crippen LogP contribution in [0.25, 0.3) is 0 Å². The van der Waals surface area contributed by atoms with E-state index in [0.717, 1.165) is 0 Å². The monoisotopic (exact) mass is 337 g/mol. The Labute approximate surface area is 146 Å². The van der Waals surface area contributed by atoms with Crippen LogP contribution in [0.15, 0.2) is 24.8 Å². The molecule has 0 saturated carbocycles. The van der Waals surface area contributed by atoms with Crippen molar-refractivity contribution >= 4 is 11.8 Å². The molecule has 2 amide bonds. The Bertz CT molecular complexity index is 427. The number of nitrogens with zero attached hydrogens (tertiary/aromatic N) is 1. The molecular weight excluding hydrogens is 306 g/mol. The number of amides is 2. The molecule has 0 aromatic rings. The summed E-state index contributed by atoms with van der Waals surface area (Å²) in [4.78, 5) is 22.9. The summed E-state index contributed by atoms with van der Waals surface area (Å²) in [5, 5.41) is 0. The van der Waals surface area contributed by atoms with Gasteiger partial charge in [-0.15, -0.1) is 13.0 Å². The van der Waals surface area contributed by atoms with E-state index < -0.39 is 0 Å². The van der Waals surface area contributed by atoms with Gasteiger partial charge in [0, 0.05) is 18.2 Å². The van der Waals surface area contributed by atoms with E-state index in [1.54, 1.807) is 6.08 Å². The van der Waals surface area contributed by atoms with Gasteiger partial charge in [0.25, 0.3) is 11.8 Å². The summed E-state index contributed by atoms with van der Waals surface area (Å²) < 4.78 is 10.0. The summed E-state index contributed by atoms with van der Waals surface area (Å²) in [5.41, 5.74) is 0. The molecule has 24 heavy (non-hydrogen) atoms. The van der Waals surface area contributed by atoms with E-state index in [2.05, 4.69) is 12.5 Å². The van der Waals surface area contributed by atoms with Crippen molar-refractivity contribution in [2.45, 2.75) is 59.8 Å². The second-order valence-corrected chi connectivity index (χ2v) is 5.71. The van der Waals surface area contributed by atoms with Crippen LogP contribution in [0.4, 0.5) is 0 Å². The molecule has 0 bridgehead atoms. The molecule has 0 N–H and O–H groups in total. The lowest BCUT2D eigenvalue weighted by atomic mass is 10.3. The molecule has 0 saturated heterocycles. The van der Waals surface area contributed by atoms with Gasteiger partial charge < -0.3 is 9.47 Å². The van der Waals surface area contributed by atoms with Crippen LogP contribution < -0.4 is 0 Å². The third-order valence-corrected chi connectivity index (χ3v) is 2.41. The number of terminal acetylenes is 1. The SMILES string of the molecule is C#CCOC(C)C.C=CCOC(C)C.CC(C)N1C(=O)C=CC1=O. The van der Waals surface area contributed by atoms with Gasteiger partial charge in [-0.3, -0.25) is 14.5 Å². The Morgan fingerprint density at radius 1 is 1.08 bits per heavy atom. The molecule has 1 aliphatic rings. The summed E-state index contributed by atoms with van der Waals surface area (Å²) >= 11 is 0. The van der Waals surface area contributed by atoms with Crippen LogP contribution in [0.5, 0.6) is 0 Å². The van der Waals surface area contributed by atoms with Crippen molar-refractivity contribution in [2.75, 3.05) is 13.2 Å². The smallest absolute Gasteiger partial charge is 0.253 e. The molecule has 136 valence electrons. The summed E-state index contributed by atoms with van der Waals surface area (Å²) in [7, 11) is 0. The molecule has 1 rings (SSSR count). The molecule has 0 spiro atoms. The first-order valence-corrected chi connectivity index (χ1v) is 8.00. The number of hydrogen-bond donors (Lipinski definition) is 0. The summed E-state index contributed by atoms with van der Waals surface area (Å²) in [5.74, 6) is 1.96. The lowest BCUT2D eigenvalue weighted by Crippen LogP contribution is -2.36. The summed E-state index contributed by atoms with van der Waals surface area (Å²) in [6.45, 7) is 16.1. The van der Waals surface area contributed by atoms with Gasteiger partial charge in [-0.25, -0.2) is 0 Å². The number of hydrogen-bond acceptors (Lipinski definition) is 4. The van der Waals surface area contributed by atoms with Crippen LogP contribution in [0.1, 0.15) is 41.5 Å². The molecule has 5 nitrogen and oxygen atoms in total. The fourth-order valence-electron chi connectivity index (χ4n) is 1.40. The molecule has 0 aliphatic carbocycles. The molecule has 0 unspecified atom stereocenters. The first-order valence-electron chi connectivity index (χ1n) is 8.00. The van der Waals surface area contributed by atoms with Crippen molar-refractivity contribution in [3.63, 3.8) is 0 Å². The van der Waals surface area contributed by atoms with Crippen LogP contribution in [0.2, 0.25) is 0 Å². The minimum Gasteiger partial charge on any atom is -0.375 e. The maximum absolute atomic E-state index is 10.8. The Hall–Kier alpha value is -1.90. The highest BCUT2D eigenvalue weighted by Gasteiger charge is 2.25. The van der Waals surface area contributed by atoms with Crippen molar-refractivity contribution < 1.29 is 19.1 Å². The van der Waals surface area contributed by atoms with Crippen LogP contribution in [-0.4, -0.2) is 48.2 Å². The quantitative estimate of drug-likeness (QED) is 0.425. The largest absolute Gasteiger partial charge is 0.375 e. The van der Waals surface area contributed by atoms with Gasteiger partial charge in [-0.05, 0) is 41.5 Å². The molecule has 0 atom stereocenters. The third-order valence-electron chi connectivity index (χ3n) is 2.41.